The van der Waals surface area contributed by atoms with Crippen LogP contribution >= 0.6 is 0 Å². The van der Waals surface area contributed by atoms with Gasteiger partial charge in [-0.05, 0) is 23.9 Å². The first kappa shape index (κ1) is 10.5. The predicted molar refractivity (Wildman–Crippen MR) is 64.7 cm³/mol. The summed E-state index contributed by atoms with van der Waals surface area (Å²) in [6.45, 7) is 0. The lowest BCUT2D eigenvalue weighted by Gasteiger charge is -2.28. The van der Waals surface area contributed by atoms with E-state index in [9.17, 15) is 5.11 Å². The molecule has 1 aromatic carbocycles. The number of hydrogen-bond acceptors (Lipinski definition) is 3. The first-order chi connectivity index (χ1) is 7.76. The Bertz CT molecular complexity index is 451. The van der Waals surface area contributed by atoms with Crippen LogP contribution in [-0.4, -0.2) is 16.9 Å². The molecule has 0 aromatic heterocycles. The first-order valence-corrected chi connectivity index (χ1v) is 5.16. The van der Waals surface area contributed by atoms with E-state index in [0.29, 0.717) is 6.42 Å². The van der Waals surface area contributed by atoms with Crippen LogP contribution in [0.4, 0.5) is 0 Å². The third-order valence-electron chi connectivity index (χ3n) is 2.69. The van der Waals surface area contributed by atoms with Crippen molar-refractivity contribution in [2.75, 3.05) is 0 Å². The lowest BCUT2D eigenvalue weighted by Crippen LogP contribution is -2.45. The van der Waals surface area contributed by atoms with Gasteiger partial charge in [0.25, 0.3) is 0 Å². The molecule has 3 N–H and O–H groups in total. The quantitative estimate of drug-likeness (QED) is 0.674. The smallest absolute Gasteiger partial charge is 0.118 e. The minimum atomic E-state index is -0.520. The zero-order valence-corrected chi connectivity index (χ0v) is 8.85. The summed E-state index contributed by atoms with van der Waals surface area (Å²) < 4.78 is 0. The molecule has 1 aromatic rings. The maximum absolute atomic E-state index is 9.71. The summed E-state index contributed by atoms with van der Waals surface area (Å²) in [5.41, 5.74) is 0.312. The van der Waals surface area contributed by atoms with Crippen LogP contribution in [0.3, 0.4) is 0 Å². The van der Waals surface area contributed by atoms with Crippen LogP contribution in [0, 0.1) is 5.41 Å². The van der Waals surface area contributed by atoms with Gasteiger partial charge < -0.3 is 15.8 Å². The Morgan fingerprint density at radius 3 is 2.75 bits per heavy atom. The van der Waals surface area contributed by atoms with Crippen molar-refractivity contribution in [3.63, 3.8) is 0 Å². The van der Waals surface area contributed by atoms with E-state index in [0.717, 1.165) is 5.56 Å². The van der Waals surface area contributed by atoms with E-state index in [2.05, 4.69) is 5.32 Å². The fraction of sp³-hybridized carbons (Fsp3) is 0.154. The van der Waals surface area contributed by atoms with Crippen LogP contribution < -0.4 is 5.32 Å². The second-order valence-electron chi connectivity index (χ2n) is 3.85. The van der Waals surface area contributed by atoms with Crippen LogP contribution in [0.2, 0.25) is 0 Å². The summed E-state index contributed by atoms with van der Waals surface area (Å²) in [4.78, 5) is 0. The topological polar surface area (TPSA) is 56.1 Å². The van der Waals surface area contributed by atoms with E-state index < -0.39 is 5.54 Å². The van der Waals surface area contributed by atoms with Gasteiger partial charge >= 0.3 is 0 Å². The number of benzene rings is 1. The third kappa shape index (κ3) is 1.98. The van der Waals surface area contributed by atoms with Crippen LogP contribution in [0.25, 0.3) is 0 Å². The van der Waals surface area contributed by atoms with Crippen molar-refractivity contribution in [3.05, 3.63) is 54.3 Å². The van der Waals surface area contributed by atoms with Gasteiger partial charge in [0.2, 0.25) is 0 Å². The number of rotatable bonds is 3. The number of aromatic hydroxyl groups is 1. The highest BCUT2D eigenvalue weighted by Crippen LogP contribution is 2.22. The third-order valence-corrected chi connectivity index (χ3v) is 2.69. The second-order valence-corrected chi connectivity index (χ2v) is 3.85. The van der Waals surface area contributed by atoms with E-state index >= 15 is 0 Å². The van der Waals surface area contributed by atoms with Gasteiger partial charge in [-0.3, -0.25) is 0 Å². The van der Waals surface area contributed by atoms with Crippen LogP contribution in [-0.2, 0) is 6.42 Å². The van der Waals surface area contributed by atoms with Crippen LogP contribution in [0.15, 0.2) is 48.7 Å². The molecular weight excluding hydrogens is 200 g/mol. The summed E-state index contributed by atoms with van der Waals surface area (Å²) in [6.07, 6.45) is 9.44. The molecule has 0 radical (unpaired) electrons. The van der Waals surface area contributed by atoms with Crippen molar-refractivity contribution in [1.29, 1.82) is 5.41 Å². The molecule has 2 rings (SSSR count). The lowest BCUT2D eigenvalue weighted by atomic mass is 9.90. The molecule has 1 unspecified atom stereocenters. The van der Waals surface area contributed by atoms with E-state index in [4.69, 9.17) is 5.41 Å². The van der Waals surface area contributed by atoms with Crippen LogP contribution in [0.5, 0.6) is 5.75 Å². The van der Waals surface area contributed by atoms with E-state index in [1.807, 2.05) is 36.6 Å². The SMILES string of the molecule is N=CC1(Cc2ccccc2O)C=CC=CN1. The maximum atomic E-state index is 9.71. The Kier molecular flexibility index (Phi) is 2.77. The Labute approximate surface area is 94.6 Å². The van der Waals surface area contributed by atoms with Crippen molar-refractivity contribution in [2.24, 2.45) is 0 Å². The maximum Gasteiger partial charge on any atom is 0.118 e. The van der Waals surface area contributed by atoms with Crippen molar-refractivity contribution >= 4 is 6.21 Å². The number of hydrogen-bond donors (Lipinski definition) is 3. The molecule has 82 valence electrons. The fourth-order valence-corrected chi connectivity index (χ4v) is 1.76. The van der Waals surface area contributed by atoms with Gasteiger partial charge in [-0.1, -0.05) is 30.4 Å². The number of nitrogens with one attached hydrogen (secondary N) is 2. The Morgan fingerprint density at radius 2 is 2.12 bits per heavy atom. The average molecular weight is 214 g/mol. The molecule has 1 atom stereocenters. The van der Waals surface area contributed by atoms with E-state index in [-0.39, 0.29) is 5.75 Å². The molecule has 0 saturated carbocycles. The molecule has 1 aliphatic heterocycles. The molecule has 3 nitrogen and oxygen atoms in total. The molecular formula is C13H14N2O. The number of para-hydroxylation sites is 1. The highest BCUT2D eigenvalue weighted by molar-refractivity contribution is 5.72. The molecule has 0 aliphatic carbocycles. The standard InChI is InChI=1S/C13H14N2O/c14-10-13(7-3-4-8-15-13)9-11-5-1-2-6-12(11)16/h1-8,10,14-16H,9H2. The van der Waals surface area contributed by atoms with E-state index in [1.165, 1.54) is 6.21 Å². The Balaban J connectivity index is 2.26. The molecule has 0 bridgehead atoms. The summed E-state index contributed by atoms with van der Waals surface area (Å²) >= 11 is 0. The summed E-state index contributed by atoms with van der Waals surface area (Å²) in [5.74, 6) is 0.272. The van der Waals surface area contributed by atoms with Crippen molar-refractivity contribution < 1.29 is 5.11 Å². The zero-order valence-electron chi connectivity index (χ0n) is 8.85. The summed E-state index contributed by atoms with van der Waals surface area (Å²) in [7, 11) is 0. The largest absolute Gasteiger partial charge is 0.508 e. The Hall–Kier alpha value is -2.03. The van der Waals surface area contributed by atoms with Gasteiger partial charge in [0, 0.05) is 12.6 Å². The number of dihydropyridines is 1. The highest BCUT2D eigenvalue weighted by Gasteiger charge is 2.25. The van der Waals surface area contributed by atoms with Gasteiger partial charge in [-0.25, -0.2) is 0 Å². The monoisotopic (exact) mass is 214 g/mol. The molecule has 0 fully saturated rings. The number of allylic oxidation sites excluding steroid dienone is 2. The number of phenols is 1. The van der Waals surface area contributed by atoms with Gasteiger partial charge in [0.15, 0.2) is 0 Å². The molecule has 0 saturated heterocycles. The fourth-order valence-electron chi connectivity index (χ4n) is 1.76. The van der Waals surface area contributed by atoms with Crippen molar-refractivity contribution in [2.45, 2.75) is 12.0 Å². The predicted octanol–water partition coefficient (Wildman–Crippen LogP) is 2.00. The van der Waals surface area contributed by atoms with Gasteiger partial charge in [-0.15, -0.1) is 0 Å². The van der Waals surface area contributed by atoms with E-state index in [1.54, 1.807) is 12.1 Å². The minimum absolute atomic E-state index is 0.272. The first-order valence-electron chi connectivity index (χ1n) is 5.16. The van der Waals surface area contributed by atoms with Crippen LogP contribution in [0.1, 0.15) is 5.56 Å². The minimum Gasteiger partial charge on any atom is -0.508 e. The number of phenolic OH excluding ortho intramolecular Hbond substituents is 1. The molecule has 1 heterocycles. The van der Waals surface area contributed by atoms with Gasteiger partial charge in [-0.2, -0.15) is 0 Å². The van der Waals surface area contributed by atoms with Crippen molar-refractivity contribution in [3.8, 4) is 5.75 Å². The molecule has 16 heavy (non-hydrogen) atoms. The Morgan fingerprint density at radius 1 is 1.31 bits per heavy atom. The normalized spacial score (nSPS) is 22.8. The molecule has 3 heteroatoms. The summed E-state index contributed by atoms with van der Waals surface area (Å²) in [5, 5.41) is 20.4. The summed E-state index contributed by atoms with van der Waals surface area (Å²) in [6, 6.07) is 7.21. The average Bonchev–Trinajstić information content (AvgIpc) is 2.33. The lowest BCUT2D eigenvalue weighted by molar-refractivity contribution is 0.461. The molecule has 0 spiro atoms. The second kappa shape index (κ2) is 4.23. The van der Waals surface area contributed by atoms with Gasteiger partial charge in [0.1, 0.15) is 5.75 Å². The zero-order chi connectivity index (χ0) is 11.4. The van der Waals surface area contributed by atoms with Gasteiger partial charge in [0.05, 0.1) is 5.54 Å². The van der Waals surface area contributed by atoms with Crippen molar-refractivity contribution in [1.82, 2.24) is 5.32 Å². The molecule has 0 amide bonds. The molecule has 1 aliphatic rings. The highest BCUT2D eigenvalue weighted by atomic mass is 16.3.